The molecule has 0 bridgehead atoms. The lowest BCUT2D eigenvalue weighted by Crippen LogP contribution is -2.52. The predicted molar refractivity (Wildman–Crippen MR) is 98.9 cm³/mol. The summed E-state index contributed by atoms with van der Waals surface area (Å²) in [5.74, 6) is 0. The quantitative estimate of drug-likeness (QED) is 0.720. The monoisotopic (exact) mass is 320 g/mol. The Bertz CT molecular complexity index is 822. The van der Waals surface area contributed by atoms with Crippen molar-refractivity contribution in [2.75, 3.05) is 0 Å². The van der Waals surface area contributed by atoms with Crippen LogP contribution in [0.5, 0.6) is 0 Å². The molecule has 3 rings (SSSR count). The van der Waals surface area contributed by atoms with Crippen LogP contribution in [0.3, 0.4) is 0 Å². The fraction of sp³-hybridized carbons (Fsp3) is 0.273. The summed E-state index contributed by atoms with van der Waals surface area (Å²) in [4.78, 5) is 0. The minimum atomic E-state index is -1.46. The van der Waals surface area contributed by atoms with Crippen LogP contribution in [0.4, 0.5) is 0 Å². The second-order valence-electron chi connectivity index (χ2n) is 6.38. The van der Waals surface area contributed by atoms with Gasteiger partial charge < -0.3 is 10.2 Å². The Balaban J connectivity index is 2.27. The molecule has 0 amide bonds. The van der Waals surface area contributed by atoms with Crippen LogP contribution in [0, 0.1) is 0 Å². The Morgan fingerprint density at radius 1 is 0.667 bits per heavy atom. The number of rotatable bonds is 5. The number of benzene rings is 3. The molecule has 2 nitrogen and oxygen atoms in total. The molecule has 0 aliphatic carbocycles. The largest absolute Gasteiger partial charge is 0.386 e. The van der Waals surface area contributed by atoms with E-state index in [1.54, 1.807) is 0 Å². The van der Waals surface area contributed by atoms with E-state index in [1.165, 1.54) is 0 Å². The maximum absolute atomic E-state index is 11.8. The third kappa shape index (κ3) is 2.52. The first-order valence-electron chi connectivity index (χ1n) is 8.54. The second kappa shape index (κ2) is 6.39. The van der Waals surface area contributed by atoms with Crippen molar-refractivity contribution in [2.24, 2.45) is 0 Å². The Morgan fingerprint density at radius 3 is 1.88 bits per heavy atom. The molecule has 0 heterocycles. The van der Waals surface area contributed by atoms with Crippen LogP contribution >= 0.6 is 0 Å². The van der Waals surface area contributed by atoms with Gasteiger partial charge in [-0.2, -0.15) is 0 Å². The van der Waals surface area contributed by atoms with Gasteiger partial charge in [0, 0.05) is 0 Å². The number of hydrogen-bond donors (Lipinski definition) is 2. The molecular weight excluding hydrogens is 296 g/mol. The van der Waals surface area contributed by atoms with E-state index in [-0.39, 0.29) is 0 Å². The second-order valence-corrected chi connectivity index (χ2v) is 6.38. The third-order valence-corrected chi connectivity index (χ3v) is 5.20. The van der Waals surface area contributed by atoms with Crippen molar-refractivity contribution in [3.05, 3.63) is 83.9 Å². The SMILES string of the molecule is CCC(O)(CC)C(O)(c1ccccc1)c1ccc2ccccc2c1. The molecule has 124 valence electrons. The van der Waals surface area contributed by atoms with E-state index in [2.05, 4.69) is 0 Å². The zero-order chi connectivity index (χ0) is 17.2. The van der Waals surface area contributed by atoms with Crippen molar-refractivity contribution in [3.63, 3.8) is 0 Å². The number of aliphatic hydroxyl groups is 2. The molecule has 24 heavy (non-hydrogen) atoms. The fourth-order valence-corrected chi connectivity index (χ4v) is 3.56. The van der Waals surface area contributed by atoms with Crippen molar-refractivity contribution in [1.29, 1.82) is 0 Å². The Labute approximate surface area is 143 Å². The van der Waals surface area contributed by atoms with E-state index in [1.807, 2.05) is 86.6 Å². The summed E-state index contributed by atoms with van der Waals surface area (Å²) in [6, 6.07) is 23.4. The van der Waals surface area contributed by atoms with E-state index in [0.29, 0.717) is 18.4 Å². The molecule has 0 spiro atoms. The zero-order valence-electron chi connectivity index (χ0n) is 14.2. The standard InChI is InChI=1S/C22H24O2/c1-3-21(23,4-2)22(24,19-12-6-5-7-13-19)20-15-14-17-10-8-9-11-18(17)16-20/h5-16,23-24H,3-4H2,1-2H3. The molecule has 1 atom stereocenters. The zero-order valence-corrected chi connectivity index (χ0v) is 14.2. The molecule has 0 radical (unpaired) electrons. The highest BCUT2D eigenvalue weighted by Gasteiger charge is 2.49. The highest BCUT2D eigenvalue weighted by molar-refractivity contribution is 5.83. The highest BCUT2D eigenvalue weighted by atomic mass is 16.4. The van der Waals surface area contributed by atoms with Gasteiger partial charge in [-0.1, -0.05) is 80.6 Å². The molecule has 0 fully saturated rings. The van der Waals surface area contributed by atoms with Gasteiger partial charge in [0.05, 0.1) is 0 Å². The molecule has 3 aromatic carbocycles. The van der Waals surface area contributed by atoms with Crippen molar-refractivity contribution < 1.29 is 10.2 Å². The van der Waals surface area contributed by atoms with E-state index in [0.717, 1.165) is 16.3 Å². The summed E-state index contributed by atoms with van der Waals surface area (Å²) in [5, 5.41) is 25.2. The van der Waals surface area contributed by atoms with Gasteiger partial charge >= 0.3 is 0 Å². The normalized spacial score (nSPS) is 14.5. The van der Waals surface area contributed by atoms with Gasteiger partial charge in [0.2, 0.25) is 0 Å². The molecule has 3 aromatic rings. The first kappa shape index (κ1) is 16.7. The summed E-state index contributed by atoms with van der Waals surface area (Å²) < 4.78 is 0. The molecule has 0 saturated heterocycles. The van der Waals surface area contributed by atoms with Crippen molar-refractivity contribution >= 4 is 10.8 Å². The van der Waals surface area contributed by atoms with Gasteiger partial charge in [0.15, 0.2) is 0 Å². The average molecular weight is 320 g/mol. The summed E-state index contributed by atoms with van der Waals surface area (Å²) in [6.07, 6.45) is 0.920. The van der Waals surface area contributed by atoms with Gasteiger partial charge in [-0.15, -0.1) is 0 Å². The Morgan fingerprint density at radius 2 is 1.25 bits per heavy atom. The molecule has 2 N–H and O–H groups in total. The number of hydrogen-bond acceptors (Lipinski definition) is 2. The maximum atomic E-state index is 11.8. The van der Waals surface area contributed by atoms with E-state index < -0.39 is 11.2 Å². The average Bonchev–Trinajstić information content (AvgIpc) is 2.66. The van der Waals surface area contributed by atoms with Gasteiger partial charge in [0.25, 0.3) is 0 Å². The molecule has 2 heteroatoms. The summed E-state index contributed by atoms with van der Waals surface area (Å²) in [5.41, 5.74) is -1.26. The first-order valence-corrected chi connectivity index (χ1v) is 8.54. The van der Waals surface area contributed by atoms with Crippen LogP contribution < -0.4 is 0 Å². The molecule has 0 aromatic heterocycles. The summed E-state index contributed by atoms with van der Waals surface area (Å²) >= 11 is 0. The van der Waals surface area contributed by atoms with Crippen LogP contribution in [-0.4, -0.2) is 15.8 Å². The smallest absolute Gasteiger partial charge is 0.143 e. The number of fused-ring (bicyclic) bond motifs is 1. The predicted octanol–water partition coefficient (Wildman–Crippen LogP) is 4.63. The Kier molecular flexibility index (Phi) is 4.44. The van der Waals surface area contributed by atoms with E-state index in [4.69, 9.17) is 0 Å². The molecule has 0 aliphatic rings. The van der Waals surface area contributed by atoms with Crippen molar-refractivity contribution in [1.82, 2.24) is 0 Å². The fourth-order valence-electron chi connectivity index (χ4n) is 3.56. The lowest BCUT2D eigenvalue weighted by atomic mass is 9.70. The van der Waals surface area contributed by atoms with Crippen LogP contribution in [-0.2, 0) is 5.60 Å². The molecule has 0 saturated carbocycles. The van der Waals surface area contributed by atoms with E-state index in [9.17, 15) is 10.2 Å². The third-order valence-electron chi connectivity index (χ3n) is 5.20. The van der Waals surface area contributed by atoms with Gasteiger partial charge in [-0.3, -0.25) is 0 Å². The molecule has 1 unspecified atom stereocenters. The van der Waals surface area contributed by atoms with Crippen LogP contribution in [0.1, 0.15) is 37.8 Å². The summed E-state index contributed by atoms with van der Waals surface area (Å²) in [6.45, 7) is 3.83. The van der Waals surface area contributed by atoms with Crippen molar-refractivity contribution in [2.45, 2.75) is 37.9 Å². The van der Waals surface area contributed by atoms with Gasteiger partial charge in [-0.05, 0) is 40.8 Å². The first-order chi connectivity index (χ1) is 11.5. The highest BCUT2D eigenvalue weighted by Crippen LogP contribution is 2.43. The minimum absolute atomic E-state index is 0.460. The van der Waals surface area contributed by atoms with Gasteiger partial charge in [-0.25, -0.2) is 0 Å². The van der Waals surface area contributed by atoms with Crippen LogP contribution in [0.15, 0.2) is 72.8 Å². The molecule has 0 aliphatic heterocycles. The van der Waals surface area contributed by atoms with Crippen LogP contribution in [0.25, 0.3) is 10.8 Å². The van der Waals surface area contributed by atoms with E-state index >= 15 is 0 Å². The topological polar surface area (TPSA) is 40.5 Å². The van der Waals surface area contributed by atoms with Gasteiger partial charge in [0.1, 0.15) is 11.2 Å². The van der Waals surface area contributed by atoms with Crippen molar-refractivity contribution in [3.8, 4) is 0 Å². The maximum Gasteiger partial charge on any atom is 0.143 e. The lowest BCUT2D eigenvalue weighted by molar-refractivity contribution is -0.137. The minimum Gasteiger partial charge on any atom is -0.386 e. The Hall–Kier alpha value is -2.16. The summed E-state index contributed by atoms with van der Waals surface area (Å²) in [7, 11) is 0. The molecular formula is C22H24O2. The lowest BCUT2D eigenvalue weighted by Gasteiger charge is -2.44. The van der Waals surface area contributed by atoms with Crippen LogP contribution in [0.2, 0.25) is 0 Å².